The third kappa shape index (κ3) is 3.82. The van der Waals surface area contributed by atoms with Crippen molar-refractivity contribution < 1.29 is 4.79 Å². The Labute approximate surface area is 143 Å². The lowest BCUT2D eigenvalue weighted by atomic mass is 9.83. The Bertz CT molecular complexity index is 605. The molecule has 0 unspecified atom stereocenters. The highest BCUT2D eigenvalue weighted by atomic mass is 16.1. The molecule has 0 bridgehead atoms. The molecule has 4 nitrogen and oxygen atoms in total. The molecule has 1 aliphatic carbocycles. The largest absolute Gasteiger partial charge is 0.359 e. The van der Waals surface area contributed by atoms with Crippen LogP contribution in [-0.2, 0) is 4.79 Å². The molecule has 3 rings (SSSR count). The van der Waals surface area contributed by atoms with Crippen LogP contribution in [0.25, 0.3) is 0 Å². The van der Waals surface area contributed by atoms with Crippen LogP contribution in [0.5, 0.6) is 0 Å². The van der Waals surface area contributed by atoms with Gasteiger partial charge in [0.25, 0.3) is 0 Å². The second kappa shape index (κ2) is 8.06. The molecule has 1 aromatic heterocycles. The lowest BCUT2D eigenvalue weighted by Gasteiger charge is -2.34. The normalized spacial score (nSPS) is 21.9. The topological polar surface area (TPSA) is 54.0 Å². The monoisotopic (exact) mass is 323 g/mol. The second-order valence-electron chi connectivity index (χ2n) is 6.38. The summed E-state index contributed by atoms with van der Waals surface area (Å²) < 4.78 is 0. The number of rotatable bonds is 5. The maximum atomic E-state index is 12.3. The summed E-state index contributed by atoms with van der Waals surface area (Å²) in [6.07, 6.45) is 6.07. The van der Waals surface area contributed by atoms with E-state index >= 15 is 0 Å². The van der Waals surface area contributed by atoms with E-state index in [9.17, 15) is 4.79 Å². The molecule has 1 aliphatic rings. The van der Waals surface area contributed by atoms with E-state index in [1.54, 1.807) is 7.05 Å². The predicted octanol–water partition coefficient (Wildman–Crippen LogP) is 3.07. The van der Waals surface area contributed by atoms with Crippen molar-refractivity contribution in [3.8, 4) is 0 Å². The van der Waals surface area contributed by atoms with Crippen LogP contribution in [-0.4, -0.2) is 24.0 Å². The predicted molar refractivity (Wildman–Crippen MR) is 95.5 cm³/mol. The fourth-order valence-electron chi connectivity index (χ4n) is 3.59. The summed E-state index contributed by atoms with van der Waals surface area (Å²) in [6, 6.07) is 16.5. The van der Waals surface area contributed by atoms with E-state index in [4.69, 9.17) is 0 Å². The van der Waals surface area contributed by atoms with Crippen molar-refractivity contribution in [2.45, 2.75) is 37.8 Å². The van der Waals surface area contributed by atoms with Crippen LogP contribution in [0.15, 0.2) is 54.7 Å². The van der Waals surface area contributed by atoms with Gasteiger partial charge in [0.05, 0.1) is 17.7 Å². The summed E-state index contributed by atoms with van der Waals surface area (Å²) in [5, 5.41) is 6.55. The molecular weight excluding hydrogens is 298 g/mol. The average molecular weight is 323 g/mol. The summed E-state index contributed by atoms with van der Waals surface area (Å²) in [7, 11) is 1.72. The first kappa shape index (κ1) is 16.7. The first-order chi connectivity index (χ1) is 11.8. The Balaban J connectivity index is 1.87. The molecule has 0 radical (unpaired) electrons. The number of carbonyl (C=O) groups is 1. The van der Waals surface area contributed by atoms with Gasteiger partial charge in [-0.25, -0.2) is 0 Å². The molecule has 3 atom stereocenters. The first-order valence-electron chi connectivity index (χ1n) is 8.73. The average Bonchev–Trinajstić information content (AvgIpc) is 2.67. The van der Waals surface area contributed by atoms with Crippen molar-refractivity contribution in [3.63, 3.8) is 0 Å². The van der Waals surface area contributed by atoms with Gasteiger partial charge in [0.2, 0.25) is 5.91 Å². The van der Waals surface area contributed by atoms with E-state index < -0.39 is 0 Å². The van der Waals surface area contributed by atoms with E-state index in [0.717, 1.165) is 31.4 Å². The summed E-state index contributed by atoms with van der Waals surface area (Å²) in [4.78, 5) is 16.8. The van der Waals surface area contributed by atoms with Crippen LogP contribution in [0, 0.1) is 5.92 Å². The Morgan fingerprint density at radius 2 is 1.83 bits per heavy atom. The fourth-order valence-corrected chi connectivity index (χ4v) is 3.59. The minimum absolute atomic E-state index is 0.00246. The van der Waals surface area contributed by atoms with Gasteiger partial charge in [0.15, 0.2) is 0 Å². The van der Waals surface area contributed by atoms with Crippen LogP contribution in [0.4, 0.5) is 0 Å². The van der Waals surface area contributed by atoms with E-state index in [1.165, 1.54) is 5.56 Å². The van der Waals surface area contributed by atoms with E-state index in [1.807, 2.05) is 42.6 Å². The zero-order valence-corrected chi connectivity index (χ0v) is 14.1. The second-order valence-corrected chi connectivity index (χ2v) is 6.38. The van der Waals surface area contributed by atoms with Gasteiger partial charge in [-0.1, -0.05) is 49.2 Å². The Hall–Kier alpha value is -2.20. The zero-order chi connectivity index (χ0) is 16.8. The number of amides is 1. The van der Waals surface area contributed by atoms with Crippen molar-refractivity contribution in [2.75, 3.05) is 7.05 Å². The molecule has 126 valence electrons. The van der Waals surface area contributed by atoms with Crippen LogP contribution in [0.1, 0.15) is 43.0 Å². The third-order valence-corrected chi connectivity index (χ3v) is 4.85. The van der Waals surface area contributed by atoms with Gasteiger partial charge in [-0.05, 0) is 30.5 Å². The zero-order valence-electron chi connectivity index (χ0n) is 14.1. The summed E-state index contributed by atoms with van der Waals surface area (Å²) in [5.74, 6) is 0.165. The summed E-state index contributed by atoms with van der Waals surface area (Å²) in [6.45, 7) is 0. The maximum absolute atomic E-state index is 12.3. The lowest BCUT2D eigenvalue weighted by molar-refractivity contribution is -0.126. The van der Waals surface area contributed by atoms with Crippen LogP contribution in [0.2, 0.25) is 0 Å². The molecule has 0 spiro atoms. The van der Waals surface area contributed by atoms with E-state index in [2.05, 4.69) is 27.8 Å². The maximum Gasteiger partial charge on any atom is 0.224 e. The number of hydrogen-bond acceptors (Lipinski definition) is 3. The third-order valence-electron chi connectivity index (χ3n) is 4.85. The van der Waals surface area contributed by atoms with Crippen molar-refractivity contribution in [1.82, 2.24) is 15.6 Å². The molecule has 24 heavy (non-hydrogen) atoms. The smallest absolute Gasteiger partial charge is 0.224 e. The summed E-state index contributed by atoms with van der Waals surface area (Å²) >= 11 is 0. The van der Waals surface area contributed by atoms with Gasteiger partial charge in [-0.15, -0.1) is 0 Å². The van der Waals surface area contributed by atoms with Crippen LogP contribution < -0.4 is 10.6 Å². The van der Waals surface area contributed by atoms with Gasteiger partial charge in [-0.3, -0.25) is 9.78 Å². The Morgan fingerprint density at radius 3 is 2.54 bits per heavy atom. The van der Waals surface area contributed by atoms with Crippen LogP contribution >= 0.6 is 0 Å². The molecule has 0 aliphatic heterocycles. The fraction of sp³-hybridized carbons (Fsp3) is 0.400. The number of nitrogens with one attached hydrogen (secondary N) is 2. The van der Waals surface area contributed by atoms with Gasteiger partial charge in [0, 0.05) is 19.3 Å². The van der Waals surface area contributed by atoms with Gasteiger partial charge >= 0.3 is 0 Å². The highest BCUT2D eigenvalue weighted by Crippen LogP contribution is 2.29. The van der Waals surface area contributed by atoms with Gasteiger partial charge in [0.1, 0.15) is 0 Å². The van der Waals surface area contributed by atoms with Crippen molar-refractivity contribution >= 4 is 5.91 Å². The molecule has 1 saturated carbocycles. The molecule has 4 heteroatoms. The number of aromatic nitrogens is 1. The molecule has 1 heterocycles. The number of hydrogen-bond donors (Lipinski definition) is 2. The SMILES string of the molecule is CNC(=O)[C@@H]1CCCC[C@@H]1N[C@@H](c1ccccc1)c1ccccn1. The molecule has 1 amide bonds. The molecule has 2 N–H and O–H groups in total. The quantitative estimate of drug-likeness (QED) is 0.889. The molecule has 0 saturated heterocycles. The van der Waals surface area contributed by atoms with E-state index in [-0.39, 0.29) is 23.9 Å². The Kier molecular flexibility index (Phi) is 5.59. The first-order valence-corrected chi connectivity index (χ1v) is 8.73. The van der Waals surface area contributed by atoms with Crippen molar-refractivity contribution in [2.24, 2.45) is 5.92 Å². The molecule has 2 aromatic rings. The highest BCUT2D eigenvalue weighted by molar-refractivity contribution is 5.79. The molecular formula is C20H25N3O. The van der Waals surface area contributed by atoms with Gasteiger partial charge in [-0.2, -0.15) is 0 Å². The highest BCUT2D eigenvalue weighted by Gasteiger charge is 2.32. The minimum Gasteiger partial charge on any atom is -0.359 e. The minimum atomic E-state index is 0.00246. The van der Waals surface area contributed by atoms with Gasteiger partial charge < -0.3 is 10.6 Å². The molecule has 1 fully saturated rings. The van der Waals surface area contributed by atoms with Crippen molar-refractivity contribution in [1.29, 1.82) is 0 Å². The Morgan fingerprint density at radius 1 is 1.08 bits per heavy atom. The number of benzene rings is 1. The summed E-state index contributed by atoms with van der Waals surface area (Å²) in [5.41, 5.74) is 2.17. The number of pyridine rings is 1. The van der Waals surface area contributed by atoms with E-state index in [0.29, 0.717) is 0 Å². The number of nitrogens with zero attached hydrogens (tertiary/aromatic N) is 1. The van der Waals surface area contributed by atoms with Crippen LogP contribution in [0.3, 0.4) is 0 Å². The lowest BCUT2D eigenvalue weighted by Crippen LogP contribution is -2.47. The number of carbonyl (C=O) groups excluding carboxylic acids is 1. The molecule has 1 aromatic carbocycles. The van der Waals surface area contributed by atoms with Crippen molar-refractivity contribution in [3.05, 3.63) is 66.0 Å². The standard InChI is InChI=1S/C20H25N3O/c1-21-20(24)16-11-5-6-12-17(16)23-19(15-9-3-2-4-10-15)18-13-7-8-14-22-18/h2-4,7-10,13-14,16-17,19,23H,5-6,11-12H2,1H3,(H,21,24)/t16-,17+,19+/m1/s1.